The van der Waals surface area contributed by atoms with Gasteiger partial charge in [0.2, 0.25) is 5.89 Å². The molecule has 0 spiro atoms. The number of hydrogen-bond acceptors (Lipinski definition) is 4. The van der Waals surface area contributed by atoms with E-state index < -0.39 is 0 Å². The fraction of sp³-hybridized carbons (Fsp3) is 0.385. The average molecular weight is 248 g/mol. The molecule has 0 aliphatic heterocycles. The van der Waals surface area contributed by atoms with Crippen molar-refractivity contribution in [1.29, 1.82) is 0 Å². The van der Waals surface area contributed by atoms with Gasteiger partial charge in [0.25, 0.3) is 5.22 Å². The van der Waals surface area contributed by atoms with Crippen molar-refractivity contribution in [3.05, 3.63) is 29.8 Å². The lowest BCUT2D eigenvalue weighted by molar-refractivity contribution is 0.466. The monoisotopic (exact) mass is 248 g/mol. The van der Waals surface area contributed by atoms with Gasteiger partial charge in [-0.15, -0.1) is 10.2 Å². The Kier molecular flexibility index (Phi) is 3.24. The smallest absolute Gasteiger partial charge is 0.276 e. The minimum absolute atomic E-state index is 0.164. The molecule has 0 fully saturated rings. The molecule has 90 valence electrons. The van der Waals surface area contributed by atoms with Crippen molar-refractivity contribution in [2.24, 2.45) is 0 Å². The molecule has 0 saturated carbocycles. The lowest BCUT2D eigenvalue weighted by Crippen LogP contribution is -2.10. The van der Waals surface area contributed by atoms with Crippen LogP contribution in [0.5, 0.6) is 0 Å². The van der Waals surface area contributed by atoms with Crippen LogP contribution in [-0.2, 0) is 5.41 Å². The van der Waals surface area contributed by atoms with E-state index in [9.17, 15) is 0 Å². The van der Waals surface area contributed by atoms with Crippen LogP contribution < -0.4 is 0 Å². The molecule has 3 nitrogen and oxygen atoms in total. The van der Waals surface area contributed by atoms with Gasteiger partial charge in [0.1, 0.15) is 0 Å². The molecule has 1 heterocycles. The van der Waals surface area contributed by atoms with E-state index in [1.54, 1.807) is 0 Å². The number of thioether (sulfide) groups is 1. The molecule has 0 atom stereocenters. The predicted octanol–water partition coefficient (Wildman–Crippen LogP) is 3.76. The van der Waals surface area contributed by atoms with Crippen LogP contribution in [0.25, 0.3) is 11.5 Å². The zero-order valence-corrected chi connectivity index (χ0v) is 11.3. The molecule has 4 heteroatoms. The van der Waals surface area contributed by atoms with Crippen LogP contribution in [0, 0.1) is 0 Å². The third kappa shape index (κ3) is 2.69. The van der Waals surface area contributed by atoms with E-state index in [0.29, 0.717) is 11.1 Å². The zero-order chi connectivity index (χ0) is 12.5. The molecule has 0 bridgehead atoms. The number of benzene rings is 1. The van der Waals surface area contributed by atoms with E-state index in [-0.39, 0.29) is 5.41 Å². The molecule has 2 rings (SSSR count). The van der Waals surface area contributed by atoms with Gasteiger partial charge in [-0.25, -0.2) is 0 Å². The van der Waals surface area contributed by atoms with Gasteiger partial charge >= 0.3 is 0 Å². The highest BCUT2D eigenvalue weighted by atomic mass is 32.2. The van der Waals surface area contributed by atoms with Crippen molar-refractivity contribution in [2.45, 2.75) is 31.4 Å². The predicted molar refractivity (Wildman–Crippen MR) is 70.2 cm³/mol. The number of hydrogen-bond donors (Lipinski definition) is 0. The Morgan fingerprint density at radius 3 is 2.18 bits per heavy atom. The molecule has 0 aliphatic rings. The Morgan fingerprint density at radius 1 is 1.06 bits per heavy atom. The van der Waals surface area contributed by atoms with Crippen LogP contribution in [-0.4, -0.2) is 16.5 Å². The molecule has 2 aromatic rings. The van der Waals surface area contributed by atoms with Gasteiger partial charge in [0.15, 0.2) is 0 Å². The zero-order valence-electron chi connectivity index (χ0n) is 10.5. The fourth-order valence-electron chi connectivity index (χ4n) is 1.52. The highest BCUT2D eigenvalue weighted by Gasteiger charge is 2.14. The van der Waals surface area contributed by atoms with Gasteiger partial charge in [-0.1, -0.05) is 44.7 Å². The largest absolute Gasteiger partial charge is 0.411 e. The maximum Gasteiger partial charge on any atom is 0.276 e. The first kappa shape index (κ1) is 12.2. The number of nitrogens with zero attached hydrogens (tertiary/aromatic N) is 2. The summed E-state index contributed by atoms with van der Waals surface area (Å²) in [5, 5.41) is 8.54. The quantitative estimate of drug-likeness (QED) is 0.759. The summed E-state index contributed by atoms with van der Waals surface area (Å²) in [4.78, 5) is 0. The molecular formula is C13H16N2OS. The third-order valence-corrected chi connectivity index (χ3v) is 3.09. The highest BCUT2D eigenvalue weighted by Crippen LogP contribution is 2.26. The van der Waals surface area contributed by atoms with E-state index in [1.807, 2.05) is 18.4 Å². The summed E-state index contributed by atoms with van der Waals surface area (Å²) in [7, 11) is 0. The first-order valence-corrected chi connectivity index (χ1v) is 6.71. The molecule has 0 N–H and O–H groups in total. The summed E-state index contributed by atoms with van der Waals surface area (Å²) in [5.74, 6) is 0.579. The van der Waals surface area contributed by atoms with Gasteiger partial charge < -0.3 is 4.42 Å². The summed E-state index contributed by atoms with van der Waals surface area (Å²) >= 11 is 1.45. The summed E-state index contributed by atoms with van der Waals surface area (Å²) in [6, 6.07) is 8.27. The van der Waals surface area contributed by atoms with Gasteiger partial charge in [-0.05, 0) is 29.4 Å². The van der Waals surface area contributed by atoms with Crippen LogP contribution in [0.2, 0.25) is 0 Å². The van der Waals surface area contributed by atoms with Gasteiger partial charge in [-0.2, -0.15) is 0 Å². The maximum absolute atomic E-state index is 5.49. The van der Waals surface area contributed by atoms with E-state index in [0.717, 1.165) is 5.56 Å². The summed E-state index contributed by atoms with van der Waals surface area (Å²) in [6.07, 6.45) is 1.92. The van der Waals surface area contributed by atoms with Crippen LogP contribution in [0.4, 0.5) is 0 Å². The topological polar surface area (TPSA) is 38.9 Å². The van der Waals surface area contributed by atoms with E-state index >= 15 is 0 Å². The maximum atomic E-state index is 5.49. The SMILES string of the molecule is CSc1nnc(-c2ccc(C(C)(C)C)cc2)o1. The first-order chi connectivity index (χ1) is 8.00. The highest BCUT2D eigenvalue weighted by molar-refractivity contribution is 7.98. The second kappa shape index (κ2) is 4.53. The average Bonchev–Trinajstić information content (AvgIpc) is 2.76. The first-order valence-electron chi connectivity index (χ1n) is 5.49. The Morgan fingerprint density at radius 2 is 1.71 bits per heavy atom. The Labute approximate surface area is 106 Å². The van der Waals surface area contributed by atoms with Crippen molar-refractivity contribution in [3.8, 4) is 11.5 Å². The second-order valence-corrected chi connectivity index (χ2v) is 5.66. The summed E-state index contributed by atoms with van der Waals surface area (Å²) in [6.45, 7) is 6.58. The molecule has 0 radical (unpaired) electrons. The van der Waals surface area contributed by atoms with Gasteiger partial charge in [-0.3, -0.25) is 0 Å². The molecule has 0 saturated heterocycles. The molecular weight excluding hydrogens is 232 g/mol. The van der Waals surface area contributed by atoms with Crippen molar-refractivity contribution < 1.29 is 4.42 Å². The van der Waals surface area contributed by atoms with Crippen LogP contribution in [0.15, 0.2) is 33.9 Å². The lowest BCUT2D eigenvalue weighted by Gasteiger charge is -2.18. The van der Waals surface area contributed by atoms with Crippen molar-refractivity contribution in [3.63, 3.8) is 0 Å². The minimum Gasteiger partial charge on any atom is -0.411 e. The lowest BCUT2D eigenvalue weighted by atomic mass is 9.87. The summed E-state index contributed by atoms with van der Waals surface area (Å²) < 4.78 is 5.49. The molecule has 1 aromatic heterocycles. The van der Waals surface area contributed by atoms with Crippen molar-refractivity contribution in [2.75, 3.05) is 6.26 Å². The van der Waals surface area contributed by atoms with Crippen molar-refractivity contribution >= 4 is 11.8 Å². The third-order valence-electron chi connectivity index (χ3n) is 2.58. The molecule has 1 aromatic carbocycles. The molecule has 17 heavy (non-hydrogen) atoms. The van der Waals surface area contributed by atoms with Crippen LogP contribution >= 0.6 is 11.8 Å². The van der Waals surface area contributed by atoms with E-state index in [1.165, 1.54) is 17.3 Å². The fourth-order valence-corrected chi connectivity index (χ4v) is 1.81. The van der Waals surface area contributed by atoms with Gasteiger partial charge in [0, 0.05) is 5.56 Å². The minimum atomic E-state index is 0.164. The van der Waals surface area contributed by atoms with E-state index in [2.05, 4.69) is 43.1 Å². The normalized spacial score (nSPS) is 11.8. The number of rotatable bonds is 2. The van der Waals surface area contributed by atoms with Crippen molar-refractivity contribution in [1.82, 2.24) is 10.2 Å². The molecule has 0 amide bonds. The van der Waals surface area contributed by atoms with Gasteiger partial charge in [0.05, 0.1) is 0 Å². The standard InChI is InChI=1S/C13H16N2OS/c1-13(2,3)10-7-5-9(6-8-10)11-14-15-12(16-11)17-4/h5-8H,1-4H3. The summed E-state index contributed by atoms with van der Waals surface area (Å²) in [5.41, 5.74) is 2.43. The Balaban J connectivity index is 2.29. The molecule has 0 aliphatic carbocycles. The van der Waals surface area contributed by atoms with Crippen LogP contribution in [0.3, 0.4) is 0 Å². The van der Waals surface area contributed by atoms with E-state index in [4.69, 9.17) is 4.42 Å². The molecule has 0 unspecified atom stereocenters. The second-order valence-electron chi connectivity index (χ2n) is 4.90. The Hall–Kier alpha value is -1.29. The van der Waals surface area contributed by atoms with Crippen LogP contribution in [0.1, 0.15) is 26.3 Å². The Bertz CT molecular complexity index is 497. The number of aromatic nitrogens is 2.